The van der Waals surface area contributed by atoms with Crippen LogP contribution in [0.3, 0.4) is 0 Å². The Morgan fingerprint density at radius 2 is 2.10 bits per heavy atom. The first-order chi connectivity index (χ1) is 14.8. The second-order valence-corrected chi connectivity index (χ2v) is 9.15. The van der Waals surface area contributed by atoms with Crippen LogP contribution in [-0.4, -0.2) is 40.1 Å². The molecule has 7 heteroatoms. The molecule has 3 aromatic rings. The molecule has 0 spiro atoms. The van der Waals surface area contributed by atoms with Gasteiger partial charge >= 0.3 is 0 Å². The number of benzene rings is 1. The highest BCUT2D eigenvalue weighted by atomic mass is 32.1. The number of fused-ring (bicyclic) bond motifs is 4. The van der Waals surface area contributed by atoms with E-state index in [1.807, 2.05) is 11.1 Å². The molecule has 0 fully saturated rings. The van der Waals surface area contributed by atoms with Gasteiger partial charge < -0.3 is 10.2 Å². The van der Waals surface area contributed by atoms with Crippen molar-refractivity contribution >= 4 is 45.2 Å². The van der Waals surface area contributed by atoms with E-state index in [-0.39, 0.29) is 11.8 Å². The molecule has 150 valence electrons. The molecule has 1 atom stereocenters. The van der Waals surface area contributed by atoms with E-state index < -0.39 is 0 Å². The molecule has 2 aliphatic heterocycles. The van der Waals surface area contributed by atoms with Crippen molar-refractivity contribution < 1.29 is 4.79 Å². The van der Waals surface area contributed by atoms with Gasteiger partial charge in [-0.3, -0.25) is 9.79 Å². The number of nitrogens with one attached hydrogen (secondary N) is 1. The van der Waals surface area contributed by atoms with Gasteiger partial charge in [-0.2, -0.15) is 0 Å². The van der Waals surface area contributed by atoms with Gasteiger partial charge in [0, 0.05) is 35.8 Å². The van der Waals surface area contributed by atoms with Crippen LogP contribution >= 0.6 is 11.3 Å². The monoisotopic (exact) mass is 415 g/mol. The highest BCUT2D eigenvalue weighted by Crippen LogP contribution is 2.41. The minimum atomic E-state index is 0.0748. The maximum Gasteiger partial charge on any atom is 0.226 e. The van der Waals surface area contributed by atoms with E-state index in [9.17, 15) is 4.79 Å². The fourth-order valence-corrected chi connectivity index (χ4v) is 5.91. The summed E-state index contributed by atoms with van der Waals surface area (Å²) in [6.07, 6.45) is 10.3. The number of rotatable bonds is 3. The summed E-state index contributed by atoms with van der Waals surface area (Å²) in [6.45, 7) is 2.26. The second kappa shape index (κ2) is 7.02. The number of carbonyl (C=O) groups is 1. The molecule has 1 aliphatic carbocycles. The van der Waals surface area contributed by atoms with E-state index in [1.54, 1.807) is 17.7 Å². The van der Waals surface area contributed by atoms with Crippen LogP contribution in [0.1, 0.15) is 28.0 Å². The summed E-state index contributed by atoms with van der Waals surface area (Å²) in [6, 6.07) is 6.33. The lowest BCUT2D eigenvalue weighted by Crippen LogP contribution is -2.36. The van der Waals surface area contributed by atoms with Crippen molar-refractivity contribution in [1.82, 2.24) is 14.9 Å². The van der Waals surface area contributed by atoms with Crippen molar-refractivity contribution in [2.45, 2.75) is 25.8 Å². The van der Waals surface area contributed by atoms with Gasteiger partial charge in [0.15, 0.2) is 0 Å². The lowest BCUT2D eigenvalue weighted by atomic mass is 9.87. The Kier molecular flexibility index (Phi) is 4.16. The Morgan fingerprint density at radius 3 is 3.00 bits per heavy atom. The van der Waals surface area contributed by atoms with Gasteiger partial charge in [-0.1, -0.05) is 18.2 Å². The Balaban J connectivity index is 1.31. The van der Waals surface area contributed by atoms with Gasteiger partial charge in [0.1, 0.15) is 17.0 Å². The standard InChI is InChI=1S/C23H21N5OS/c29-23(28-7-1-2-8-28)14-4-6-18-19(10-14)30-22-20(18)21(25-13-26-22)27-17-5-3-15-11-24-12-16(15)9-17/h1-3,5,9,12-14H,4,6-8,10-11H2,(H,25,26,27). The average molecular weight is 416 g/mol. The molecule has 0 bridgehead atoms. The van der Waals surface area contributed by atoms with Gasteiger partial charge in [0.2, 0.25) is 5.91 Å². The van der Waals surface area contributed by atoms with Crippen molar-refractivity contribution in [3.63, 3.8) is 0 Å². The summed E-state index contributed by atoms with van der Waals surface area (Å²) in [5.41, 5.74) is 4.73. The van der Waals surface area contributed by atoms with E-state index in [2.05, 4.69) is 50.6 Å². The average Bonchev–Trinajstić information content (AvgIpc) is 3.51. The summed E-state index contributed by atoms with van der Waals surface area (Å²) in [5, 5.41) is 4.61. The molecule has 3 aliphatic rings. The van der Waals surface area contributed by atoms with Crippen molar-refractivity contribution in [3.8, 4) is 0 Å². The number of hydrogen-bond acceptors (Lipinski definition) is 6. The van der Waals surface area contributed by atoms with Gasteiger partial charge in [-0.05, 0) is 48.1 Å². The van der Waals surface area contributed by atoms with Crippen LogP contribution in [0.25, 0.3) is 10.2 Å². The molecule has 1 aromatic carbocycles. The number of thiophene rings is 1. The third kappa shape index (κ3) is 2.92. The van der Waals surface area contributed by atoms with Crippen LogP contribution < -0.4 is 5.32 Å². The highest BCUT2D eigenvalue weighted by Gasteiger charge is 2.31. The summed E-state index contributed by atoms with van der Waals surface area (Å²) in [5.74, 6) is 1.21. The van der Waals surface area contributed by atoms with Crippen molar-refractivity contribution in [2.75, 3.05) is 18.4 Å². The maximum atomic E-state index is 12.9. The summed E-state index contributed by atoms with van der Waals surface area (Å²) in [7, 11) is 0. The number of aliphatic imine (C=N–C) groups is 1. The molecule has 2 aromatic heterocycles. The first-order valence-electron chi connectivity index (χ1n) is 10.3. The Bertz CT molecular complexity index is 1220. The molecule has 1 N–H and O–H groups in total. The van der Waals surface area contributed by atoms with E-state index in [4.69, 9.17) is 0 Å². The molecule has 0 saturated heterocycles. The zero-order valence-corrected chi connectivity index (χ0v) is 17.3. The predicted octanol–water partition coefficient (Wildman–Crippen LogP) is 3.87. The molecular formula is C23H21N5OS. The first kappa shape index (κ1) is 17.8. The normalized spacial score (nSPS) is 19.3. The fraction of sp³-hybridized carbons (Fsp3) is 0.304. The third-order valence-corrected chi connectivity index (χ3v) is 7.39. The van der Waals surface area contributed by atoms with Crippen molar-refractivity contribution in [3.05, 3.63) is 58.2 Å². The Labute approximate surface area is 178 Å². The molecule has 6 rings (SSSR count). The van der Waals surface area contributed by atoms with Gasteiger partial charge in [-0.15, -0.1) is 11.3 Å². The predicted molar refractivity (Wildman–Crippen MR) is 120 cm³/mol. The smallest absolute Gasteiger partial charge is 0.226 e. The van der Waals surface area contributed by atoms with E-state index in [0.29, 0.717) is 0 Å². The van der Waals surface area contributed by atoms with Crippen LogP contribution in [0.5, 0.6) is 0 Å². The molecule has 0 saturated carbocycles. The lowest BCUT2D eigenvalue weighted by molar-refractivity contribution is -0.134. The summed E-state index contributed by atoms with van der Waals surface area (Å²) >= 11 is 1.71. The molecular weight excluding hydrogens is 394 g/mol. The number of anilines is 2. The number of carbonyl (C=O) groups excluding carboxylic acids is 1. The van der Waals surface area contributed by atoms with E-state index in [0.717, 1.165) is 66.2 Å². The summed E-state index contributed by atoms with van der Waals surface area (Å²) in [4.78, 5) is 30.5. The topological polar surface area (TPSA) is 70.5 Å². The van der Waals surface area contributed by atoms with Crippen LogP contribution in [-0.2, 0) is 24.2 Å². The molecule has 0 radical (unpaired) electrons. The SMILES string of the molecule is O=C(C1CCc2c(sc3ncnc(Nc4ccc5c(c4)C=NC5)c23)C1)N1CC=CC1. The minimum Gasteiger partial charge on any atom is -0.340 e. The fourth-order valence-electron chi connectivity index (χ4n) is 4.65. The Morgan fingerprint density at radius 1 is 1.20 bits per heavy atom. The number of aryl methyl sites for hydroxylation is 1. The van der Waals surface area contributed by atoms with Crippen LogP contribution in [0.2, 0.25) is 0 Å². The van der Waals surface area contributed by atoms with Crippen LogP contribution in [0.15, 0.2) is 41.7 Å². The number of amides is 1. The van der Waals surface area contributed by atoms with Crippen LogP contribution in [0.4, 0.5) is 11.5 Å². The van der Waals surface area contributed by atoms with Gasteiger partial charge in [-0.25, -0.2) is 9.97 Å². The zero-order chi connectivity index (χ0) is 20.1. The third-order valence-electron chi connectivity index (χ3n) is 6.23. The largest absolute Gasteiger partial charge is 0.340 e. The molecule has 1 amide bonds. The van der Waals surface area contributed by atoms with E-state index in [1.165, 1.54) is 16.0 Å². The van der Waals surface area contributed by atoms with Crippen molar-refractivity contribution in [2.24, 2.45) is 10.9 Å². The zero-order valence-electron chi connectivity index (χ0n) is 16.5. The number of nitrogens with zero attached hydrogens (tertiary/aromatic N) is 4. The number of aromatic nitrogens is 2. The van der Waals surface area contributed by atoms with E-state index >= 15 is 0 Å². The summed E-state index contributed by atoms with van der Waals surface area (Å²) < 4.78 is 0. The maximum absolute atomic E-state index is 12.9. The Hall–Kier alpha value is -3.06. The van der Waals surface area contributed by atoms with Gasteiger partial charge in [0.25, 0.3) is 0 Å². The molecule has 1 unspecified atom stereocenters. The first-order valence-corrected chi connectivity index (χ1v) is 11.2. The number of hydrogen-bond donors (Lipinski definition) is 1. The molecule has 4 heterocycles. The lowest BCUT2D eigenvalue weighted by Gasteiger charge is -2.26. The van der Waals surface area contributed by atoms with Crippen LogP contribution in [0, 0.1) is 5.92 Å². The minimum absolute atomic E-state index is 0.0748. The highest BCUT2D eigenvalue weighted by molar-refractivity contribution is 7.19. The molecule has 30 heavy (non-hydrogen) atoms. The second-order valence-electron chi connectivity index (χ2n) is 8.07. The quantitative estimate of drug-likeness (QED) is 0.659. The van der Waals surface area contributed by atoms with Crippen molar-refractivity contribution in [1.29, 1.82) is 0 Å². The van der Waals surface area contributed by atoms with Gasteiger partial charge in [0.05, 0.1) is 11.9 Å². The molecule has 6 nitrogen and oxygen atoms in total.